The van der Waals surface area contributed by atoms with E-state index >= 15 is 0 Å². The first-order chi connectivity index (χ1) is 5.15. The minimum atomic E-state index is 0.335. The number of nitrogens with zero attached hydrogens (tertiary/aromatic N) is 1. The van der Waals surface area contributed by atoms with Crippen LogP contribution in [0.2, 0.25) is 0 Å². The van der Waals surface area contributed by atoms with Crippen molar-refractivity contribution in [3.8, 4) is 0 Å². The maximum atomic E-state index is 10.5. The summed E-state index contributed by atoms with van der Waals surface area (Å²) in [6.45, 7) is 4.08. The molecule has 1 aromatic heterocycles. The number of aldehydes is 1. The zero-order valence-electron chi connectivity index (χ0n) is 6.54. The van der Waals surface area contributed by atoms with Gasteiger partial charge in [0.15, 0.2) is 6.29 Å². The van der Waals surface area contributed by atoms with Crippen molar-refractivity contribution in [1.29, 1.82) is 0 Å². The van der Waals surface area contributed by atoms with Crippen molar-refractivity contribution in [1.82, 2.24) is 4.57 Å². The molecule has 1 heterocycles. The highest BCUT2D eigenvalue weighted by Crippen LogP contribution is 2.17. The molecule has 2 nitrogen and oxygen atoms in total. The van der Waals surface area contributed by atoms with Gasteiger partial charge in [-0.2, -0.15) is 0 Å². The van der Waals surface area contributed by atoms with Crippen molar-refractivity contribution >= 4 is 22.2 Å². The van der Waals surface area contributed by atoms with Crippen LogP contribution >= 0.6 is 15.9 Å². The van der Waals surface area contributed by atoms with Crippen molar-refractivity contribution in [2.45, 2.75) is 19.9 Å². The third kappa shape index (κ3) is 1.71. The second-order valence-electron chi connectivity index (χ2n) is 2.70. The van der Waals surface area contributed by atoms with Gasteiger partial charge in [0.1, 0.15) is 0 Å². The number of halogens is 1. The molecule has 0 bridgehead atoms. The van der Waals surface area contributed by atoms with E-state index in [9.17, 15) is 4.79 Å². The van der Waals surface area contributed by atoms with Gasteiger partial charge in [0.25, 0.3) is 0 Å². The predicted molar refractivity (Wildman–Crippen MR) is 47.9 cm³/mol. The fourth-order valence-corrected chi connectivity index (χ4v) is 1.46. The second-order valence-corrected chi connectivity index (χ2v) is 3.62. The Bertz CT molecular complexity index is 265. The highest BCUT2D eigenvalue weighted by Gasteiger charge is 2.04. The van der Waals surface area contributed by atoms with Gasteiger partial charge in [-0.1, -0.05) is 0 Å². The molecule has 0 unspecified atom stereocenters. The number of aromatic nitrogens is 1. The summed E-state index contributed by atoms with van der Waals surface area (Å²) >= 11 is 3.31. The van der Waals surface area contributed by atoms with E-state index in [0.717, 1.165) is 10.8 Å². The molecule has 0 atom stereocenters. The monoisotopic (exact) mass is 215 g/mol. The Hall–Kier alpha value is -0.570. The lowest BCUT2D eigenvalue weighted by atomic mass is 10.3. The summed E-state index contributed by atoms with van der Waals surface area (Å²) in [7, 11) is 0. The molecule has 0 aliphatic rings. The number of hydrogen-bond acceptors (Lipinski definition) is 1. The average molecular weight is 216 g/mol. The molecule has 3 heteroatoms. The molecule has 0 radical (unpaired) electrons. The molecule has 0 aliphatic carbocycles. The summed E-state index contributed by atoms with van der Waals surface area (Å²) < 4.78 is 2.88. The highest BCUT2D eigenvalue weighted by molar-refractivity contribution is 9.10. The van der Waals surface area contributed by atoms with Crippen molar-refractivity contribution in [3.63, 3.8) is 0 Å². The van der Waals surface area contributed by atoms with Crippen LogP contribution in [0.25, 0.3) is 0 Å². The molecule has 0 saturated carbocycles. The van der Waals surface area contributed by atoms with Crippen LogP contribution in [0.5, 0.6) is 0 Å². The summed E-state index contributed by atoms with van der Waals surface area (Å²) in [4.78, 5) is 10.5. The highest BCUT2D eigenvalue weighted by atomic mass is 79.9. The summed E-state index contributed by atoms with van der Waals surface area (Å²) in [5.74, 6) is 0. The van der Waals surface area contributed by atoms with Crippen LogP contribution in [0.1, 0.15) is 30.4 Å². The van der Waals surface area contributed by atoms with E-state index in [1.807, 2.05) is 30.7 Å². The van der Waals surface area contributed by atoms with Crippen molar-refractivity contribution in [2.24, 2.45) is 0 Å². The Labute approximate surface area is 74.3 Å². The molecule has 1 rings (SSSR count). The van der Waals surface area contributed by atoms with E-state index in [4.69, 9.17) is 0 Å². The minimum Gasteiger partial charge on any atom is -0.342 e. The zero-order chi connectivity index (χ0) is 8.43. The lowest BCUT2D eigenvalue weighted by molar-refractivity contribution is 0.111. The molecule has 0 saturated heterocycles. The van der Waals surface area contributed by atoms with Crippen LogP contribution in [0.15, 0.2) is 16.7 Å². The number of carbonyl (C=O) groups excluding carboxylic acids is 1. The molecule has 0 spiro atoms. The Morgan fingerprint density at radius 2 is 2.27 bits per heavy atom. The van der Waals surface area contributed by atoms with Gasteiger partial charge in [0, 0.05) is 16.7 Å². The Balaban J connectivity index is 3.11. The Kier molecular flexibility index (Phi) is 2.49. The Morgan fingerprint density at radius 1 is 1.64 bits per heavy atom. The van der Waals surface area contributed by atoms with Crippen LogP contribution in [0, 0.1) is 0 Å². The Morgan fingerprint density at radius 3 is 2.64 bits per heavy atom. The number of hydrogen-bond donors (Lipinski definition) is 0. The molecule has 0 aromatic carbocycles. The van der Waals surface area contributed by atoms with E-state index in [1.54, 1.807) is 0 Å². The van der Waals surface area contributed by atoms with Gasteiger partial charge in [0.2, 0.25) is 0 Å². The van der Waals surface area contributed by atoms with Crippen LogP contribution in [-0.4, -0.2) is 10.9 Å². The molecule has 0 N–H and O–H groups in total. The molecular formula is C8H10BrNO. The zero-order valence-corrected chi connectivity index (χ0v) is 8.13. The number of rotatable bonds is 2. The van der Waals surface area contributed by atoms with E-state index < -0.39 is 0 Å². The third-order valence-electron chi connectivity index (χ3n) is 1.52. The van der Waals surface area contributed by atoms with Crippen LogP contribution in [-0.2, 0) is 0 Å². The van der Waals surface area contributed by atoms with Gasteiger partial charge >= 0.3 is 0 Å². The second kappa shape index (κ2) is 3.22. The molecule has 0 aliphatic heterocycles. The first-order valence-corrected chi connectivity index (χ1v) is 4.27. The number of carbonyl (C=O) groups is 1. The fraction of sp³-hybridized carbons (Fsp3) is 0.375. The summed E-state index contributed by atoms with van der Waals surface area (Å²) in [5, 5.41) is 0. The predicted octanol–water partition coefficient (Wildman–Crippen LogP) is 2.64. The van der Waals surface area contributed by atoms with Gasteiger partial charge < -0.3 is 4.57 Å². The molecular weight excluding hydrogens is 206 g/mol. The average Bonchev–Trinajstić information content (AvgIpc) is 2.30. The maximum absolute atomic E-state index is 10.5. The van der Waals surface area contributed by atoms with Crippen molar-refractivity contribution in [2.75, 3.05) is 0 Å². The topological polar surface area (TPSA) is 22.0 Å². The minimum absolute atomic E-state index is 0.335. The molecule has 0 amide bonds. The van der Waals surface area contributed by atoms with Gasteiger partial charge in [-0.3, -0.25) is 4.79 Å². The normalized spacial score (nSPS) is 10.5. The van der Waals surface area contributed by atoms with Gasteiger partial charge in [-0.25, -0.2) is 0 Å². The van der Waals surface area contributed by atoms with E-state index in [1.165, 1.54) is 0 Å². The SMILES string of the molecule is CC(C)n1cc(Br)cc1C=O. The van der Waals surface area contributed by atoms with Crippen LogP contribution in [0.4, 0.5) is 0 Å². The first-order valence-electron chi connectivity index (χ1n) is 3.47. The van der Waals surface area contributed by atoms with E-state index in [-0.39, 0.29) is 0 Å². The van der Waals surface area contributed by atoms with Gasteiger partial charge in [0.05, 0.1) is 5.69 Å². The van der Waals surface area contributed by atoms with Crippen LogP contribution < -0.4 is 0 Å². The lowest BCUT2D eigenvalue weighted by Crippen LogP contribution is -2.02. The lowest BCUT2D eigenvalue weighted by Gasteiger charge is -2.07. The standard InChI is InChI=1S/C8H10BrNO/c1-6(2)10-4-7(9)3-8(10)5-11/h3-6H,1-2H3. The van der Waals surface area contributed by atoms with Crippen molar-refractivity contribution < 1.29 is 4.79 Å². The first kappa shape index (κ1) is 8.53. The smallest absolute Gasteiger partial charge is 0.166 e. The summed E-state index contributed by atoms with van der Waals surface area (Å²) in [6.07, 6.45) is 2.78. The van der Waals surface area contributed by atoms with E-state index in [0.29, 0.717) is 11.7 Å². The summed E-state index contributed by atoms with van der Waals surface area (Å²) in [6, 6.07) is 2.15. The maximum Gasteiger partial charge on any atom is 0.166 e. The largest absolute Gasteiger partial charge is 0.342 e. The third-order valence-corrected chi connectivity index (χ3v) is 1.96. The molecule has 11 heavy (non-hydrogen) atoms. The van der Waals surface area contributed by atoms with E-state index in [2.05, 4.69) is 15.9 Å². The van der Waals surface area contributed by atoms with Crippen molar-refractivity contribution in [3.05, 3.63) is 22.4 Å². The quantitative estimate of drug-likeness (QED) is 0.696. The van der Waals surface area contributed by atoms with Gasteiger partial charge in [-0.05, 0) is 35.8 Å². The molecule has 1 aromatic rings. The van der Waals surface area contributed by atoms with Gasteiger partial charge in [-0.15, -0.1) is 0 Å². The molecule has 60 valence electrons. The summed E-state index contributed by atoms with van der Waals surface area (Å²) in [5.41, 5.74) is 0.715. The fourth-order valence-electron chi connectivity index (χ4n) is 1.00. The van der Waals surface area contributed by atoms with Crippen LogP contribution in [0.3, 0.4) is 0 Å². The molecule has 0 fully saturated rings.